The monoisotopic (exact) mass is 1110 g/mol. The Labute approximate surface area is 444 Å². The van der Waals surface area contributed by atoms with E-state index in [1.807, 2.05) is 49.4 Å². The lowest BCUT2D eigenvalue weighted by Gasteiger charge is -2.40. The number of nitrogens with zero attached hydrogens (tertiary/aromatic N) is 2. The van der Waals surface area contributed by atoms with Crippen molar-refractivity contribution < 1.29 is 77.9 Å². The standard InChI is InChI=1S/C53H66N4O13S2.O3S/c1-7-26-56-38-24-21-33-20-22-34(71(64,65)66)29-36(33)46(38)52(3,4)42(56)15-10-8-11-16-43-53(5,6)47-37-28-32(2)19-23-35(37)41(72(67,68)69)30-39(47)57(43)27-13-9-12-17-44(59)54-25-14-18-45(60)55-48-50(62)49(61)40(31-58)70-51(48)63;1-4(2)3/h8,10-11,15-16,19-24,28-30,40,48-51,58,61-63H,7,9,12-14,17-18,25-27,31H2,1-6H3,(H3-,54,55,59,60,64,65,66,67,68,69);/p+1. The van der Waals surface area contributed by atoms with Crippen molar-refractivity contribution >= 4 is 81.3 Å². The van der Waals surface area contributed by atoms with Gasteiger partial charge in [0.2, 0.25) is 17.5 Å². The fourth-order valence-electron chi connectivity index (χ4n) is 10.6. The molecule has 2 amide bonds. The number of amides is 2. The molecule has 4 aromatic carbocycles. The number of rotatable bonds is 19. The van der Waals surface area contributed by atoms with Gasteiger partial charge in [-0.15, -0.1) is 12.6 Å². The third-order valence-corrected chi connectivity index (χ3v) is 15.8. The van der Waals surface area contributed by atoms with Crippen molar-refractivity contribution in [2.24, 2.45) is 0 Å². The predicted octanol–water partition coefficient (Wildman–Crippen LogP) is 4.74. The molecule has 23 heteroatoms. The Hall–Kier alpha value is -5.73. The van der Waals surface area contributed by atoms with Crippen LogP contribution in [0.3, 0.4) is 0 Å². The summed E-state index contributed by atoms with van der Waals surface area (Å²) in [6.07, 6.45) is 7.18. The zero-order valence-corrected chi connectivity index (χ0v) is 45.6. The summed E-state index contributed by atoms with van der Waals surface area (Å²) in [5, 5.41) is 47.8. The minimum atomic E-state index is -4.63. The van der Waals surface area contributed by atoms with Crippen LogP contribution in [0.15, 0.2) is 100 Å². The summed E-state index contributed by atoms with van der Waals surface area (Å²) in [6.45, 7) is 13.2. The van der Waals surface area contributed by atoms with Crippen LogP contribution >= 0.6 is 0 Å². The van der Waals surface area contributed by atoms with Gasteiger partial charge in [0.05, 0.1) is 16.9 Å². The first-order valence-electron chi connectivity index (χ1n) is 24.9. The van der Waals surface area contributed by atoms with Crippen molar-refractivity contribution in [3.63, 3.8) is 0 Å². The van der Waals surface area contributed by atoms with E-state index < -0.39 is 84.8 Å². The minimum Gasteiger partial charge on any atom is -0.394 e. The fraction of sp³-hybridized carbons (Fsp3) is 0.453. The van der Waals surface area contributed by atoms with Crippen LogP contribution in [0.1, 0.15) is 96.3 Å². The Balaban J connectivity index is 0.00000226. The van der Waals surface area contributed by atoms with Crippen molar-refractivity contribution in [1.82, 2.24) is 10.6 Å². The molecule has 1 saturated heterocycles. The molecule has 3 aliphatic heterocycles. The van der Waals surface area contributed by atoms with Crippen LogP contribution in [0, 0.1) is 6.92 Å². The Kier molecular flexibility index (Phi) is 19.0. The normalized spacial score (nSPS) is 21.6. The van der Waals surface area contributed by atoms with E-state index in [0.717, 1.165) is 62.9 Å². The second-order valence-electron chi connectivity index (χ2n) is 20.1. The molecular formula is C53H67N4O16S3+. The molecule has 0 radical (unpaired) electrons. The fourth-order valence-corrected chi connectivity index (χ4v) is 11.8. The van der Waals surface area contributed by atoms with Gasteiger partial charge >= 0.3 is 10.6 Å². The van der Waals surface area contributed by atoms with Gasteiger partial charge in [-0.25, -0.2) is 0 Å². The first kappa shape index (κ1) is 59.5. The number of carbonyl (C=O) groups excluding carboxylic acids is 2. The molecule has 0 aliphatic carbocycles. The molecule has 76 heavy (non-hydrogen) atoms. The Morgan fingerprint density at radius 1 is 0.789 bits per heavy atom. The molecule has 5 atom stereocenters. The number of aliphatic hydroxyl groups excluding tert-OH is 4. The summed E-state index contributed by atoms with van der Waals surface area (Å²) in [4.78, 5) is 27.1. The SMILES string of the molecule is CCC[N+]1=C(C=CC=CC=C2N(CCCCCC(=O)NCCCC(=O)NC3C(O)OC(CO)C(O)C3O)c3cc(S(=O)(=O)O)c4ccc(C)cc4c3C2(C)C)C(C)(C)c2c1ccc1ccc(S(=O)(=O)O)cc21.O=S(=O)=O. The molecule has 1 fully saturated rings. The number of aliphatic hydroxyl groups is 4. The van der Waals surface area contributed by atoms with Crippen molar-refractivity contribution in [1.29, 1.82) is 0 Å². The predicted molar refractivity (Wildman–Crippen MR) is 284 cm³/mol. The maximum Gasteiger partial charge on any atom is 0.425 e. The Morgan fingerprint density at radius 3 is 2.13 bits per heavy atom. The van der Waals surface area contributed by atoms with E-state index in [1.54, 1.807) is 18.2 Å². The summed E-state index contributed by atoms with van der Waals surface area (Å²) < 4.78 is 103. The van der Waals surface area contributed by atoms with Gasteiger partial charge in [-0.05, 0) is 92.1 Å². The lowest BCUT2D eigenvalue weighted by molar-refractivity contribution is -0.437. The summed E-state index contributed by atoms with van der Waals surface area (Å²) in [5.74, 6) is -0.731. The van der Waals surface area contributed by atoms with Gasteiger partial charge in [-0.1, -0.05) is 75.2 Å². The number of ether oxygens (including phenoxy) is 1. The van der Waals surface area contributed by atoms with Gasteiger partial charge in [0.25, 0.3) is 20.2 Å². The van der Waals surface area contributed by atoms with Crippen molar-refractivity contribution in [3.05, 3.63) is 107 Å². The largest absolute Gasteiger partial charge is 0.425 e. The van der Waals surface area contributed by atoms with Crippen LogP contribution in [0.4, 0.5) is 11.4 Å². The molecule has 3 heterocycles. The number of anilines is 1. The minimum absolute atomic E-state index is 0.0365. The van der Waals surface area contributed by atoms with Crippen LogP contribution in [0.25, 0.3) is 21.5 Å². The van der Waals surface area contributed by atoms with Gasteiger partial charge in [-0.2, -0.15) is 21.4 Å². The van der Waals surface area contributed by atoms with E-state index in [9.17, 15) is 56.0 Å². The number of hydrogen-bond donors (Lipinski definition) is 8. The van der Waals surface area contributed by atoms with Gasteiger partial charge in [0.1, 0.15) is 35.8 Å². The van der Waals surface area contributed by atoms with E-state index in [1.165, 1.54) is 12.1 Å². The lowest BCUT2D eigenvalue weighted by atomic mass is 9.79. The van der Waals surface area contributed by atoms with E-state index in [4.69, 9.17) is 17.4 Å². The van der Waals surface area contributed by atoms with Crippen molar-refractivity contribution in [3.8, 4) is 0 Å². The third kappa shape index (κ3) is 13.2. The number of allylic oxidation sites excluding steroid dienone is 6. The molecule has 5 unspecified atom stereocenters. The summed E-state index contributed by atoms with van der Waals surface area (Å²) in [6, 6.07) is 14.4. The molecule has 7 rings (SSSR count). The van der Waals surface area contributed by atoms with Crippen LogP contribution in [-0.2, 0) is 56.0 Å². The summed E-state index contributed by atoms with van der Waals surface area (Å²) in [5.41, 5.74) is 5.20. The van der Waals surface area contributed by atoms with Crippen molar-refractivity contribution in [2.45, 2.75) is 138 Å². The first-order chi connectivity index (χ1) is 35.6. The highest BCUT2D eigenvalue weighted by atomic mass is 32.2. The van der Waals surface area contributed by atoms with E-state index >= 15 is 0 Å². The first-order valence-corrected chi connectivity index (χ1v) is 28.7. The molecule has 412 valence electrons. The number of hydrogen-bond acceptors (Lipinski definition) is 15. The van der Waals surface area contributed by atoms with E-state index in [-0.39, 0.29) is 41.5 Å². The maximum absolute atomic E-state index is 12.9. The second-order valence-corrected chi connectivity index (χ2v) is 23.4. The van der Waals surface area contributed by atoms with E-state index in [0.29, 0.717) is 36.9 Å². The second kappa shape index (κ2) is 24.3. The van der Waals surface area contributed by atoms with Crippen LogP contribution in [0.5, 0.6) is 0 Å². The number of nitrogens with one attached hydrogen (secondary N) is 2. The Morgan fingerprint density at radius 2 is 1.47 bits per heavy atom. The number of aryl methyl sites for hydroxylation is 1. The summed E-state index contributed by atoms with van der Waals surface area (Å²) in [7, 11) is -12.2. The number of fused-ring (bicyclic) bond motifs is 6. The van der Waals surface area contributed by atoms with Gasteiger partial charge in [-0.3, -0.25) is 18.7 Å². The highest BCUT2D eigenvalue weighted by Crippen LogP contribution is 2.52. The topological polar surface area (TPSA) is 315 Å². The molecule has 20 nitrogen and oxygen atoms in total. The highest BCUT2D eigenvalue weighted by molar-refractivity contribution is 7.86. The molecule has 0 spiro atoms. The zero-order chi connectivity index (χ0) is 56.1. The molecular weight excluding hydrogens is 1040 g/mol. The average Bonchev–Trinajstić information content (AvgIpc) is 3.69. The quantitative estimate of drug-likeness (QED) is 0.0272. The highest BCUT2D eigenvalue weighted by Gasteiger charge is 2.47. The third-order valence-electron chi connectivity index (χ3n) is 14.1. The van der Waals surface area contributed by atoms with Gasteiger partial charge in [0, 0.05) is 72.2 Å². The van der Waals surface area contributed by atoms with Crippen LogP contribution in [0.2, 0.25) is 0 Å². The number of carbonyl (C=O) groups is 2. The molecule has 0 bridgehead atoms. The molecule has 0 saturated carbocycles. The zero-order valence-electron chi connectivity index (χ0n) is 43.1. The van der Waals surface area contributed by atoms with Crippen LogP contribution < -0.4 is 15.5 Å². The number of benzene rings is 4. The van der Waals surface area contributed by atoms with Crippen LogP contribution in [-0.4, -0.2) is 138 Å². The van der Waals surface area contributed by atoms with E-state index in [2.05, 4.69) is 66.9 Å². The summed E-state index contributed by atoms with van der Waals surface area (Å²) >= 11 is 0. The Bertz CT molecular complexity index is 3350. The maximum atomic E-state index is 12.9. The van der Waals surface area contributed by atoms with Gasteiger partial charge in [0.15, 0.2) is 12.0 Å². The molecule has 0 aromatic heterocycles. The van der Waals surface area contributed by atoms with Crippen molar-refractivity contribution in [2.75, 3.05) is 31.1 Å². The smallest absolute Gasteiger partial charge is 0.394 e. The number of unbranched alkanes of at least 4 members (excludes halogenated alkanes) is 2. The molecule has 4 aromatic rings. The van der Waals surface area contributed by atoms with Gasteiger partial charge < -0.3 is 40.7 Å². The molecule has 8 N–H and O–H groups in total. The average molecular weight is 1110 g/mol. The lowest BCUT2D eigenvalue weighted by Crippen LogP contribution is -2.64. The molecule has 3 aliphatic rings.